The highest BCUT2D eigenvalue weighted by atomic mass is 16.3. The van der Waals surface area contributed by atoms with E-state index in [0.29, 0.717) is 24.7 Å². The maximum absolute atomic E-state index is 11.9. The van der Waals surface area contributed by atoms with E-state index in [1.807, 2.05) is 6.08 Å². The summed E-state index contributed by atoms with van der Waals surface area (Å²) in [5, 5.41) is 31.0. The van der Waals surface area contributed by atoms with Crippen LogP contribution in [0.3, 0.4) is 0 Å². The summed E-state index contributed by atoms with van der Waals surface area (Å²) in [7, 11) is 0. The summed E-state index contributed by atoms with van der Waals surface area (Å²) >= 11 is 0. The number of aliphatic hydroxyl groups excluding tert-OH is 3. The van der Waals surface area contributed by atoms with Crippen LogP contribution in [0.1, 0.15) is 58.8 Å². The van der Waals surface area contributed by atoms with Gasteiger partial charge in [0.05, 0.1) is 18.8 Å². The van der Waals surface area contributed by atoms with Crippen molar-refractivity contribution in [1.29, 1.82) is 0 Å². The fourth-order valence-corrected chi connectivity index (χ4v) is 7.49. The topological polar surface area (TPSA) is 77.8 Å². The van der Waals surface area contributed by atoms with Crippen molar-refractivity contribution in [2.24, 2.45) is 34.5 Å². The van der Waals surface area contributed by atoms with E-state index in [1.165, 1.54) is 5.57 Å². The third-order valence-corrected chi connectivity index (χ3v) is 8.62. The average Bonchev–Trinajstić information content (AvgIpc) is 2.91. The van der Waals surface area contributed by atoms with Crippen LogP contribution in [-0.2, 0) is 4.79 Å². The van der Waals surface area contributed by atoms with Gasteiger partial charge < -0.3 is 15.3 Å². The standard InChI is InChI=1S/C21H32O4/c1-20-8-7-13(23)9-12(20)3-4-14-15-5-6-16(18(25)11-22)21(15,2)10-17(24)19(14)20/h9,14-19,22,24-25H,3-8,10-11H2,1-2H3. The summed E-state index contributed by atoms with van der Waals surface area (Å²) in [5.41, 5.74) is 1.12. The molecule has 0 spiro atoms. The van der Waals surface area contributed by atoms with Crippen LogP contribution < -0.4 is 0 Å². The SMILES string of the molecule is CC12CCC(=O)C=C1CCC1C2C(O)CC2(C)C(C(O)CO)CCC12. The fourth-order valence-electron chi connectivity index (χ4n) is 7.49. The molecule has 0 saturated heterocycles. The quantitative estimate of drug-likeness (QED) is 0.716. The first-order valence-corrected chi connectivity index (χ1v) is 10.0. The highest BCUT2D eigenvalue weighted by molar-refractivity contribution is 5.91. The van der Waals surface area contributed by atoms with Crippen molar-refractivity contribution >= 4 is 5.78 Å². The van der Waals surface area contributed by atoms with E-state index in [9.17, 15) is 20.1 Å². The normalized spacial score (nSPS) is 50.5. The highest BCUT2D eigenvalue weighted by Crippen LogP contribution is 2.66. The molecule has 3 saturated carbocycles. The number of rotatable bonds is 2. The summed E-state index contributed by atoms with van der Waals surface area (Å²) in [5.74, 6) is 1.51. The van der Waals surface area contributed by atoms with Crippen LogP contribution in [0.5, 0.6) is 0 Å². The lowest BCUT2D eigenvalue weighted by Gasteiger charge is -2.60. The molecule has 8 atom stereocenters. The van der Waals surface area contributed by atoms with Gasteiger partial charge in [-0.1, -0.05) is 19.4 Å². The lowest BCUT2D eigenvalue weighted by molar-refractivity contribution is -0.143. The predicted octanol–water partition coefficient (Wildman–Crippen LogP) is 2.46. The van der Waals surface area contributed by atoms with Crippen molar-refractivity contribution in [2.75, 3.05) is 6.61 Å². The van der Waals surface area contributed by atoms with E-state index in [1.54, 1.807) is 0 Å². The van der Waals surface area contributed by atoms with Gasteiger partial charge in [-0.3, -0.25) is 4.79 Å². The zero-order chi connectivity index (χ0) is 18.0. The summed E-state index contributed by atoms with van der Waals surface area (Å²) in [6.45, 7) is 4.30. The zero-order valence-corrected chi connectivity index (χ0v) is 15.4. The van der Waals surface area contributed by atoms with Gasteiger partial charge in [0, 0.05) is 6.42 Å². The lowest BCUT2D eigenvalue weighted by atomic mass is 9.46. The summed E-state index contributed by atoms with van der Waals surface area (Å²) in [6, 6.07) is 0. The molecule has 0 aromatic rings. The molecule has 4 heteroatoms. The van der Waals surface area contributed by atoms with Gasteiger partial charge in [-0.05, 0) is 79.1 Å². The lowest BCUT2D eigenvalue weighted by Crippen LogP contribution is -2.57. The monoisotopic (exact) mass is 348 g/mol. The number of carbonyl (C=O) groups excluding carboxylic acids is 1. The van der Waals surface area contributed by atoms with Crippen molar-refractivity contribution in [3.8, 4) is 0 Å². The molecule has 0 radical (unpaired) electrons. The number of carbonyl (C=O) groups is 1. The molecular weight excluding hydrogens is 316 g/mol. The molecule has 4 aliphatic rings. The molecule has 0 amide bonds. The van der Waals surface area contributed by atoms with E-state index < -0.39 is 6.10 Å². The molecule has 25 heavy (non-hydrogen) atoms. The Morgan fingerprint density at radius 2 is 2.00 bits per heavy atom. The maximum atomic E-state index is 11.9. The predicted molar refractivity (Wildman–Crippen MR) is 94.7 cm³/mol. The molecule has 3 N–H and O–H groups in total. The molecule has 4 rings (SSSR count). The van der Waals surface area contributed by atoms with Gasteiger partial charge in [-0.2, -0.15) is 0 Å². The zero-order valence-electron chi connectivity index (χ0n) is 15.4. The molecule has 0 aromatic carbocycles. The van der Waals surface area contributed by atoms with E-state index in [2.05, 4.69) is 13.8 Å². The Bertz CT molecular complexity index is 599. The van der Waals surface area contributed by atoms with Gasteiger partial charge in [0.25, 0.3) is 0 Å². The van der Waals surface area contributed by atoms with Gasteiger partial charge in [0.15, 0.2) is 5.78 Å². The molecule has 8 unspecified atom stereocenters. The van der Waals surface area contributed by atoms with Gasteiger partial charge >= 0.3 is 0 Å². The number of hydrogen-bond donors (Lipinski definition) is 3. The van der Waals surface area contributed by atoms with Crippen LogP contribution in [0.25, 0.3) is 0 Å². The van der Waals surface area contributed by atoms with Crippen LogP contribution in [0, 0.1) is 34.5 Å². The van der Waals surface area contributed by atoms with E-state index >= 15 is 0 Å². The third-order valence-electron chi connectivity index (χ3n) is 8.62. The number of hydrogen-bond acceptors (Lipinski definition) is 4. The average molecular weight is 348 g/mol. The first-order chi connectivity index (χ1) is 11.8. The van der Waals surface area contributed by atoms with Crippen molar-refractivity contribution in [3.63, 3.8) is 0 Å². The Hall–Kier alpha value is -0.710. The minimum Gasteiger partial charge on any atom is -0.394 e. The Morgan fingerprint density at radius 1 is 1.24 bits per heavy atom. The second kappa shape index (κ2) is 5.90. The Labute approximate surface area is 150 Å². The molecule has 140 valence electrons. The summed E-state index contributed by atoms with van der Waals surface area (Å²) in [6.07, 6.45) is 7.00. The Morgan fingerprint density at radius 3 is 2.72 bits per heavy atom. The van der Waals surface area contributed by atoms with Crippen molar-refractivity contribution < 1.29 is 20.1 Å². The second-order valence-electron chi connectivity index (χ2n) is 9.60. The van der Waals surface area contributed by atoms with Crippen molar-refractivity contribution in [3.05, 3.63) is 11.6 Å². The minimum atomic E-state index is -0.680. The van der Waals surface area contributed by atoms with Crippen LogP contribution in [0.2, 0.25) is 0 Å². The highest BCUT2D eigenvalue weighted by Gasteiger charge is 2.62. The van der Waals surface area contributed by atoms with Crippen LogP contribution in [-0.4, -0.2) is 39.9 Å². The largest absolute Gasteiger partial charge is 0.394 e. The van der Waals surface area contributed by atoms with E-state index in [-0.39, 0.29) is 41.2 Å². The molecule has 0 aliphatic heterocycles. The van der Waals surface area contributed by atoms with Crippen LogP contribution >= 0.6 is 0 Å². The molecule has 4 nitrogen and oxygen atoms in total. The van der Waals surface area contributed by atoms with Gasteiger partial charge in [-0.25, -0.2) is 0 Å². The first-order valence-electron chi connectivity index (χ1n) is 10.0. The van der Waals surface area contributed by atoms with E-state index in [4.69, 9.17) is 0 Å². The Balaban J connectivity index is 1.69. The van der Waals surface area contributed by atoms with Crippen LogP contribution in [0.4, 0.5) is 0 Å². The number of allylic oxidation sites excluding steroid dienone is 1. The van der Waals surface area contributed by atoms with Crippen LogP contribution in [0.15, 0.2) is 11.6 Å². The van der Waals surface area contributed by atoms with Gasteiger partial charge in [0.2, 0.25) is 0 Å². The molecule has 0 heterocycles. The van der Waals surface area contributed by atoms with Gasteiger partial charge in [-0.15, -0.1) is 0 Å². The smallest absolute Gasteiger partial charge is 0.155 e. The molecule has 0 bridgehead atoms. The van der Waals surface area contributed by atoms with Gasteiger partial charge in [0.1, 0.15) is 0 Å². The van der Waals surface area contributed by atoms with Crippen molar-refractivity contribution in [1.82, 2.24) is 0 Å². The third kappa shape index (κ3) is 2.40. The fraction of sp³-hybridized carbons (Fsp3) is 0.857. The molecule has 4 aliphatic carbocycles. The van der Waals surface area contributed by atoms with E-state index in [0.717, 1.165) is 32.1 Å². The Kier molecular flexibility index (Phi) is 4.17. The summed E-state index contributed by atoms with van der Waals surface area (Å²) < 4.78 is 0. The number of aliphatic hydroxyl groups is 3. The van der Waals surface area contributed by atoms with Crippen molar-refractivity contribution in [2.45, 2.75) is 71.0 Å². The molecule has 3 fully saturated rings. The summed E-state index contributed by atoms with van der Waals surface area (Å²) in [4.78, 5) is 11.9. The minimum absolute atomic E-state index is 0.0503. The number of fused-ring (bicyclic) bond motifs is 5. The number of ketones is 1. The first kappa shape index (κ1) is 17.7. The molecular formula is C21H32O4. The second-order valence-corrected chi connectivity index (χ2v) is 9.60. The maximum Gasteiger partial charge on any atom is 0.155 e. The molecule has 0 aromatic heterocycles.